The lowest BCUT2D eigenvalue weighted by atomic mass is 9.69. The van der Waals surface area contributed by atoms with Crippen LogP contribution in [0.2, 0.25) is 0 Å². The maximum absolute atomic E-state index is 14.9. The van der Waals surface area contributed by atoms with E-state index in [0.29, 0.717) is 55.1 Å². The van der Waals surface area contributed by atoms with Gasteiger partial charge in [0, 0.05) is 17.7 Å². The predicted octanol–water partition coefficient (Wildman–Crippen LogP) is 19.8. The third-order valence-corrected chi connectivity index (χ3v) is 19.4. The fourth-order valence-electron chi connectivity index (χ4n) is 14.4. The Morgan fingerprint density at radius 1 is 0.403 bits per heavy atom. The molecule has 0 spiro atoms. The molecule has 0 aromatic heterocycles. The fourth-order valence-corrected chi connectivity index (χ4v) is 14.4. The SMILES string of the molecule is CC1CCC(C2CCC(C(F)(F)Oc3ccc(OCF)cc3)CC2)CC1.CC1CCC(C2CCC(F)CC2)CC1.CC1CCC(c2c(F)cc(OC(F)(F)C3CCC(C4CCC(C)CC4)CC3)cc2F)CC1. The summed E-state index contributed by atoms with van der Waals surface area (Å²) in [7, 11) is 0. The van der Waals surface area contributed by atoms with Crippen molar-refractivity contribution >= 4 is 0 Å². The summed E-state index contributed by atoms with van der Waals surface area (Å²) < 4.78 is 128. The zero-order chi connectivity index (χ0) is 51.4. The maximum Gasteiger partial charge on any atom is 0.400 e. The summed E-state index contributed by atoms with van der Waals surface area (Å²) in [5, 5.41) is 0. The van der Waals surface area contributed by atoms with Gasteiger partial charge in [-0.2, -0.15) is 17.6 Å². The highest BCUT2D eigenvalue weighted by molar-refractivity contribution is 5.34. The molecule has 0 aliphatic heterocycles. The van der Waals surface area contributed by atoms with E-state index in [4.69, 9.17) is 9.47 Å². The third-order valence-electron chi connectivity index (χ3n) is 19.4. The normalized spacial score (nSPS) is 34.8. The summed E-state index contributed by atoms with van der Waals surface area (Å²) in [4.78, 5) is 0. The molecule has 0 unspecified atom stereocenters. The Balaban J connectivity index is 0.000000170. The minimum atomic E-state index is -3.41. The van der Waals surface area contributed by atoms with E-state index in [9.17, 15) is 35.1 Å². The maximum atomic E-state index is 14.9. The first kappa shape index (κ1) is 57.0. The largest absolute Gasteiger partial charge is 0.463 e. The highest BCUT2D eigenvalue weighted by Gasteiger charge is 2.47. The number of rotatable bonds is 12. The van der Waals surface area contributed by atoms with Crippen molar-refractivity contribution in [1.29, 1.82) is 0 Å². The molecular weight excluding hydrogens is 933 g/mol. The van der Waals surface area contributed by atoms with Gasteiger partial charge in [0.25, 0.3) is 0 Å². The zero-order valence-corrected chi connectivity index (χ0v) is 44.3. The van der Waals surface area contributed by atoms with Crippen LogP contribution in [0.1, 0.15) is 219 Å². The average molecular weight is 1020 g/mol. The van der Waals surface area contributed by atoms with E-state index >= 15 is 0 Å². The van der Waals surface area contributed by atoms with E-state index in [1.54, 1.807) is 0 Å². The van der Waals surface area contributed by atoms with E-state index in [-0.39, 0.29) is 17.2 Å². The molecule has 7 saturated carbocycles. The first-order valence-corrected chi connectivity index (χ1v) is 29.0. The topological polar surface area (TPSA) is 27.7 Å². The van der Waals surface area contributed by atoms with Gasteiger partial charge in [-0.1, -0.05) is 79.1 Å². The van der Waals surface area contributed by atoms with Crippen LogP contribution in [0.25, 0.3) is 0 Å². The molecule has 2 aromatic rings. The van der Waals surface area contributed by atoms with Gasteiger partial charge in [-0.3, -0.25) is 0 Å². The number of hydrogen-bond donors (Lipinski definition) is 0. The smallest absolute Gasteiger partial charge is 0.400 e. The molecule has 0 atom stereocenters. The van der Waals surface area contributed by atoms with Crippen molar-refractivity contribution < 1.29 is 49.3 Å². The van der Waals surface area contributed by atoms with Gasteiger partial charge in [-0.05, 0) is 218 Å². The average Bonchev–Trinajstić information content (AvgIpc) is 3.36. The van der Waals surface area contributed by atoms with E-state index in [1.165, 1.54) is 114 Å². The van der Waals surface area contributed by atoms with Crippen molar-refractivity contribution in [2.45, 2.75) is 232 Å². The van der Waals surface area contributed by atoms with Gasteiger partial charge in [0.15, 0.2) is 0 Å². The Morgan fingerprint density at radius 2 is 0.694 bits per heavy atom. The molecule has 9 rings (SSSR count). The molecular formula is C61H90F8O3. The minimum Gasteiger partial charge on any atom is -0.463 e. The second-order valence-corrected chi connectivity index (χ2v) is 24.6. The van der Waals surface area contributed by atoms with Crippen molar-refractivity contribution in [2.24, 2.45) is 71.0 Å². The monoisotopic (exact) mass is 1020 g/mol. The van der Waals surface area contributed by atoms with Gasteiger partial charge < -0.3 is 14.2 Å². The molecule has 0 radical (unpaired) electrons. The van der Waals surface area contributed by atoms with E-state index < -0.39 is 54.5 Å². The molecule has 0 N–H and O–H groups in total. The number of alkyl halides is 6. The Bertz CT molecular complexity index is 1810. The van der Waals surface area contributed by atoms with Gasteiger partial charge in [0.2, 0.25) is 6.86 Å². The van der Waals surface area contributed by atoms with Crippen molar-refractivity contribution in [3.63, 3.8) is 0 Å². The molecule has 72 heavy (non-hydrogen) atoms. The van der Waals surface area contributed by atoms with Crippen LogP contribution in [0.5, 0.6) is 17.2 Å². The number of hydrogen-bond acceptors (Lipinski definition) is 3. The van der Waals surface area contributed by atoms with Gasteiger partial charge >= 0.3 is 12.2 Å². The summed E-state index contributed by atoms with van der Waals surface area (Å²) in [5.41, 5.74) is 0.0369. The third kappa shape index (κ3) is 16.4. The zero-order valence-electron chi connectivity index (χ0n) is 44.3. The molecule has 0 saturated heterocycles. The summed E-state index contributed by atoms with van der Waals surface area (Å²) in [5.74, 6) is 4.11. The van der Waals surface area contributed by atoms with Crippen molar-refractivity contribution in [1.82, 2.24) is 0 Å². The van der Waals surface area contributed by atoms with Crippen LogP contribution in [-0.4, -0.2) is 25.2 Å². The van der Waals surface area contributed by atoms with Crippen molar-refractivity contribution in [3.05, 3.63) is 53.6 Å². The second kappa shape index (κ2) is 26.9. The van der Waals surface area contributed by atoms with E-state index in [1.807, 2.05) is 0 Å². The summed E-state index contributed by atoms with van der Waals surface area (Å²) in [6.45, 7) is 8.17. The van der Waals surface area contributed by atoms with Crippen molar-refractivity contribution in [2.75, 3.05) is 6.86 Å². The second-order valence-electron chi connectivity index (χ2n) is 24.6. The van der Waals surface area contributed by atoms with Crippen LogP contribution in [0.4, 0.5) is 35.1 Å². The first-order valence-electron chi connectivity index (χ1n) is 29.0. The van der Waals surface area contributed by atoms with Gasteiger partial charge in [0.05, 0.1) is 11.8 Å². The van der Waals surface area contributed by atoms with Crippen molar-refractivity contribution in [3.8, 4) is 17.2 Å². The summed E-state index contributed by atoms with van der Waals surface area (Å²) in [6.07, 6.45) is 21.2. The molecule has 7 aliphatic rings. The number of ether oxygens (including phenoxy) is 3. The van der Waals surface area contributed by atoms with Gasteiger partial charge in [0.1, 0.15) is 35.1 Å². The molecule has 3 nitrogen and oxygen atoms in total. The molecule has 0 bridgehead atoms. The Kier molecular flexibility index (Phi) is 21.3. The number of benzene rings is 2. The molecule has 11 heteroatoms. The van der Waals surface area contributed by atoms with Gasteiger partial charge in [-0.15, -0.1) is 0 Å². The molecule has 0 amide bonds. The Morgan fingerprint density at radius 3 is 1.04 bits per heavy atom. The van der Waals surface area contributed by atoms with E-state index in [0.717, 1.165) is 112 Å². The molecule has 0 heterocycles. The molecule has 408 valence electrons. The van der Waals surface area contributed by atoms with E-state index in [2.05, 4.69) is 32.4 Å². The molecule has 7 fully saturated rings. The Labute approximate surface area is 428 Å². The summed E-state index contributed by atoms with van der Waals surface area (Å²) in [6, 6.07) is 7.58. The van der Waals surface area contributed by atoms with Crippen LogP contribution in [-0.2, 0) is 0 Å². The molecule has 2 aromatic carbocycles. The lowest BCUT2D eigenvalue weighted by Gasteiger charge is -2.38. The Hall–Kier alpha value is -2.72. The first-order chi connectivity index (χ1) is 34.5. The highest BCUT2D eigenvalue weighted by atomic mass is 19.3. The van der Waals surface area contributed by atoms with Crippen LogP contribution < -0.4 is 14.2 Å². The van der Waals surface area contributed by atoms with Crippen LogP contribution in [0.3, 0.4) is 0 Å². The quantitative estimate of drug-likeness (QED) is 0.198. The summed E-state index contributed by atoms with van der Waals surface area (Å²) >= 11 is 0. The predicted molar refractivity (Wildman–Crippen MR) is 272 cm³/mol. The fraction of sp³-hybridized carbons (Fsp3) is 0.803. The standard InChI is InChI=1S/C27H38F4O.C21H29F3O2.C13H23F/c1-17-3-7-19(8-4-17)20-11-13-22(14-12-20)27(30,31)32-23-15-24(28)26(25(29)16-23)21-9-5-18(2)6-10-21;1-15-2-4-16(5-3-15)17-6-8-18(9-7-17)21(23,24)26-20-12-10-19(11-13-20)25-14-22;1-10-2-4-11(5-3-10)12-6-8-13(14)9-7-12/h15-22H,3-14H2,1-2H3;10-13,15-18H,2-9,14H2,1H3;10-13H,2-9H2,1H3. The van der Waals surface area contributed by atoms with Crippen LogP contribution in [0.15, 0.2) is 36.4 Å². The highest BCUT2D eigenvalue weighted by Crippen LogP contribution is 2.48. The lowest BCUT2D eigenvalue weighted by molar-refractivity contribution is -0.225. The van der Waals surface area contributed by atoms with Crippen LogP contribution in [0, 0.1) is 82.6 Å². The lowest BCUT2D eigenvalue weighted by Crippen LogP contribution is -2.38. The van der Waals surface area contributed by atoms with Gasteiger partial charge in [-0.25, -0.2) is 17.6 Å². The van der Waals surface area contributed by atoms with Crippen LogP contribution >= 0.6 is 0 Å². The number of halogens is 8. The minimum absolute atomic E-state index is 0.0369. The molecule has 7 aliphatic carbocycles.